The van der Waals surface area contributed by atoms with Crippen molar-refractivity contribution in [3.05, 3.63) is 21.9 Å². The number of hydrogen-bond acceptors (Lipinski definition) is 2. The molecule has 0 amide bonds. The summed E-state index contributed by atoms with van der Waals surface area (Å²) in [6.07, 6.45) is 4.18. The molecule has 1 aromatic heterocycles. The Balaban J connectivity index is 1.88. The van der Waals surface area contributed by atoms with Crippen molar-refractivity contribution in [3.8, 4) is 0 Å². The van der Waals surface area contributed by atoms with Crippen LogP contribution in [-0.4, -0.2) is 6.54 Å². The van der Waals surface area contributed by atoms with E-state index in [-0.39, 0.29) is 0 Å². The van der Waals surface area contributed by atoms with E-state index in [0.717, 1.165) is 0 Å². The molecule has 1 unspecified atom stereocenters. The Kier molecular flexibility index (Phi) is 3.17. The third-order valence-corrected chi connectivity index (χ3v) is 4.99. The first-order valence-corrected chi connectivity index (χ1v) is 6.82. The highest BCUT2D eigenvalue weighted by atomic mass is 32.1. The molecule has 1 aromatic rings. The predicted octanol–water partition coefficient (Wildman–Crippen LogP) is 3.90. The molecule has 84 valence electrons. The topological polar surface area (TPSA) is 12.0 Å². The molecule has 0 saturated heterocycles. The molecule has 0 bridgehead atoms. The van der Waals surface area contributed by atoms with Crippen LogP contribution in [0.2, 0.25) is 0 Å². The summed E-state index contributed by atoms with van der Waals surface area (Å²) in [5, 5.41) is 5.88. The quantitative estimate of drug-likeness (QED) is 0.798. The highest BCUT2D eigenvalue weighted by molar-refractivity contribution is 7.10. The number of aryl methyl sites for hydroxylation is 1. The largest absolute Gasteiger partial charge is 0.309 e. The van der Waals surface area contributed by atoms with Gasteiger partial charge in [0, 0.05) is 17.5 Å². The third kappa shape index (κ3) is 2.43. The summed E-state index contributed by atoms with van der Waals surface area (Å²) in [6, 6.07) is 2.74. The van der Waals surface area contributed by atoms with E-state index in [4.69, 9.17) is 0 Å². The summed E-state index contributed by atoms with van der Waals surface area (Å²) >= 11 is 1.87. The lowest BCUT2D eigenvalue weighted by atomic mass is 10.0. The standard InChI is InChI=1S/C13H21NS/c1-4-13(6-7-13)9-14-11(3)12-10(2)5-8-15-12/h5,8,11,14H,4,6-7,9H2,1-3H3. The smallest absolute Gasteiger partial charge is 0.0388 e. The Morgan fingerprint density at radius 1 is 1.53 bits per heavy atom. The Hall–Kier alpha value is -0.340. The van der Waals surface area contributed by atoms with Gasteiger partial charge in [-0.05, 0) is 55.5 Å². The van der Waals surface area contributed by atoms with E-state index < -0.39 is 0 Å². The summed E-state index contributed by atoms with van der Waals surface area (Å²) in [7, 11) is 0. The Bertz CT molecular complexity index is 325. The van der Waals surface area contributed by atoms with Gasteiger partial charge in [0.25, 0.3) is 0 Å². The maximum Gasteiger partial charge on any atom is 0.0388 e. The van der Waals surface area contributed by atoms with Gasteiger partial charge < -0.3 is 5.32 Å². The number of nitrogens with one attached hydrogen (secondary N) is 1. The fraction of sp³-hybridized carbons (Fsp3) is 0.692. The van der Waals surface area contributed by atoms with Crippen molar-refractivity contribution >= 4 is 11.3 Å². The van der Waals surface area contributed by atoms with Gasteiger partial charge in [0.2, 0.25) is 0 Å². The molecular weight excluding hydrogens is 202 g/mol. The molecule has 1 heterocycles. The SMILES string of the molecule is CCC1(CNC(C)c2sccc2C)CC1. The monoisotopic (exact) mass is 223 g/mol. The van der Waals surface area contributed by atoms with E-state index in [9.17, 15) is 0 Å². The molecule has 1 saturated carbocycles. The minimum absolute atomic E-state index is 0.522. The zero-order valence-electron chi connectivity index (χ0n) is 9.97. The van der Waals surface area contributed by atoms with Crippen molar-refractivity contribution in [2.24, 2.45) is 5.41 Å². The lowest BCUT2D eigenvalue weighted by Gasteiger charge is -2.18. The molecule has 1 aliphatic carbocycles. The molecule has 0 aromatic carbocycles. The second-order valence-electron chi connectivity index (χ2n) is 4.92. The molecule has 2 heteroatoms. The lowest BCUT2D eigenvalue weighted by molar-refractivity contribution is 0.416. The van der Waals surface area contributed by atoms with Crippen LogP contribution < -0.4 is 5.32 Å². The van der Waals surface area contributed by atoms with Gasteiger partial charge in [-0.1, -0.05) is 6.92 Å². The van der Waals surface area contributed by atoms with Crippen LogP contribution in [0.4, 0.5) is 0 Å². The second kappa shape index (κ2) is 4.26. The van der Waals surface area contributed by atoms with Gasteiger partial charge in [0.15, 0.2) is 0 Å². The minimum atomic E-state index is 0.522. The van der Waals surface area contributed by atoms with Crippen LogP contribution >= 0.6 is 11.3 Å². The summed E-state index contributed by atoms with van der Waals surface area (Å²) in [5.41, 5.74) is 2.08. The summed E-state index contributed by atoms with van der Waals surface area (Å²) in [5.74, 6) is 0. The van der Waals surface area contributed by atoms with Crippen LogP contribution in [-0.2, 0) is 0 Å². The number of thiophene rings is 1. The fourth-order valence-electron chi connectivity index (χ4n) is 2.12. The minimum Gasteiger partial charge on any atom is -0.309 e. The fourth-order valence-corrected chi connectivity index (χ4v) is 3.08. The molecule has 1 aliphatic rings. The molecular formula is C13H21NS. The number of hydrogen-bond donors (Lipinski definition) is 1. The summed E-state index contributed by atoms with van der Waals surface area (Å²) < 4.78 is 0. The number of rotatable bonds is 5. The van der Waals surface area contributed by atoms with Crippen LogP contribution in [0.3, 0.4) is 0 Å². The van der Waals surface area contributed by atoms with Crippen LogP contribution in [0, 0.1) is 12.3 Å². The molecule has 2 rings (SSSR count). The average Bonchev–Trinajstić information content (AvgIpc) is 2.91. The molecule has 0 radical (unpaired) electrons. The van der Waals surface area contributed by atoms with Gasteiger partial charge in [-0.2, -0.15) is 0 Å². The first-order valence-electron chi connectivity index (χ1n) is 5.94. The molecule has 1 atom stereocenters. The van der Waals surface area contributed by atoms with Crippen molar-refractivity contribution in [3.63, 3.8) is 0 Å². The van der Waals surface area contributed by atoms with Crippen LogP contribution in [0.5, 0.6) is 0 Å². The molecule has 0 aliphatic heterocycles. The summed E-state index contributed by atoms with van der Waals surface area (Å²) in [6.45, 7) is 8.00. The van der Waals surface area contributed by atoms with Gasteiger partial charge in [-0.15, -0.1) is 11.3 Å². The maximum atomic E-state index is 3.69. The normalized spacial score (nSPS) is 20.2. The van der Waals surface area contributed by atoms with E-state index in [2.05, 4.69) is 37.5 Å². The first-order chi connectivity index (χ1) is 7.17. The maximum absolute atomic E-state index is 3.69. The van der Waals surface area contributed by atoms with Crippen LogP contribution in [0.1, 0.15) is 49.6 Å². The van der Waals surface area contributed by atoms with Crippen LogP contribution in [0.15, 0.2) is 11.4 Å². The van der Waals surface area contributed by atoms with Crippen molar-refractivity contribution in [2.45, 2.75) is 46.1 Å². The molecule has 1 fully saturated rings. The van der Waals surface area contributed by atoms with E-state index >= 15 is 0 Å². The zero-order chi connectivity index (χ0) is 10.9. The van der Waals surface area contributed by atoms with Gasteiger partial charge in [0.1, 0.15) is 0 Å². The predicted molar refractivity (Wildman–Crippen MR) is 67.4 cm³/mol. The molecule has 0 spiro atoms. The molecule has 1 nitrogen and oxygen atoms in total. The van der Waals surface area contributed by atoms with E-state index in [1.807, 2.05) is 11.3 Å². The first kappa shape index (κ1) is 11.2. The molecule has 15 heavy (non-hydrogen) atoms. The molecule has 1 N–H and O–H groups in total. The van der Waals surface area contributed by atoms with Crippen molar-refractivity contribution < 1.29 is 0 Å². The zero-order valence-corrected chi connectivity index (χ0v) is 10.8. The van der Waals surface area contributed by atoms with Gasteiger partial charge >= 0.3 is 0 Å². The van der Waals surface area contributed by atoms with Gasteiger partial charge in [-0.25, -0.2) is 0 Å². The Morgan fingerprint density at radius 2 is 2.27 bits per heavy atom. The van der Waals surface area contributed by atoms with Crippen molar-refractivity contribution in [1.82, 2.24) is 5.32 Å². The second-order valence-corrected chi connectivity index (χ2v) is 5.87. The van der Waals surface area contributed by atoms with Gasteiger partial charge in [0.05, 0.1) is 0 Å². The third-order valence-electron chi connectivity index (χ3n) is 3.79. The highest BCUT2D eigenvalue weighted by Crippen LogP contribution is 2.48. The Morgan fingerprint density at radius 3 is 2.73 bits per heavy atom. The van der Waals surface area contributed by atoms with E-state index in [1.54, 1.807) is 0 Å². The van der Waals surface area contributed by atoms with E-state index in [1.165, 1.54) is 36.2 Å². The van der Waals surface area contributed by atoms with Gasteiger partial charge in [-0.3, -0.25) is 0 Å². The summed E-state index contributed by atoms with van der Waals surface area (Å²) in [4.78, 5) is 1.50. The average molecular weight is 223 g/mol. The Labute approximate surface area is 96.9 Å². The lowest BCUT2D eigenvalue weighted by Crippen LogP contribution is -2.26. The van der Waals surface area contributed by atoms with E-state index in [0.29, 0.717) is 11.5 Å². The highest BCUT2D eigenvalue weighted by Gasteiger charge is 2.40. The van der Waals surface area contributed by atoms with Crippen molar-refractivity contribution in [2.75, 3.05) is 6.54 Å². The van der Waals surface area contributed by atoms with Crippen molar-refractivity contribution in [1.29, 1.82) is 0 Å². The van der Waals surface area contributed by atoms with Crippen LogP contribution in [0.25, 0.3) is 0 Å².